The highest BCUT2D eigenvalue weighted by Gasteiger charge is 2.24. The Kier molecular flexibility index (Phi) is 7.20. The van der Waals surface area contributed by atoms with Crippen LogP contribution in [0.4, 0.5) is 0 Å². The van der Waals surface area contributed by atoms with Crippen molar-refractivity contribution in [2.45, 2.75) is 64.5 Å². The first-order chi connectivity index (χ1) is 7.45. The van der Waals surface area contributed by atoms with Gasteiger partial charge in [0, 0.05) is 12.1 Å². The van der Waals surface area contributed by atoms with E-state index in [1.54, 1.807) is 0 Å². The van der Waals surface area contributed by atoms with E-state index in [9.17, 15) is 5.11 Å². The van der Waals surface area contributed by atoms with Crippen LogP contribution in [-0.2, 0) is 4.74 Å². The molecule has 0 aliphatic carbocycles. The second-order valence-electron chi connectivity index (χ2n) is 5.11. The molecule has 3 nitrogen and oxygen atoms in total. The number of nitrogens with one attached hydrogen (secondary N) is 1. The van der Waals surface area contributed by atoms with Crippen molar-refractivity contribution in [2.24, 2.45) is 0 Å². The Hall–Kier alpha value is -0.120. The van der Waals surface area contributed by atoms with E-state index in [4.69, 9.17) is 4.74 Å². The van der Waals surface area contributed by atoms with Crippen LogP contribution in [0.3, 0.4) is 0 Å². The average Bonchev–Trinajstić information content (AvgIpc) is 2.30. The van der Waals surface area contributed by atoms with Gasteiger partial charge in [-0.25, -0.2) is 0 Å². The third-order valence-electron chi connectivity index (χ3n) is 3.65. The lowest BCUT2D eigenvalue weighted by Crippen LogP contribution is -2.46. The Bertz CT molecular complexity index is 169. The van der Waals surface area contributed by atoms with Crippen LogP contribution in [0.2, 0.25) is 0 Å². The Labute approximate surface area is 101 Å². The highest BCUT2D eigenvalue weighted by Crippen LogP contribution is 2.18. The second kappa shape index (κ2) is 7.25. The third-order valence-corrected chi connectivity index (χ3v) is 3.65. The Morgan fingerprint density at radius 3 is 2.19 bits per heavy atom. The fourth-order valence-corrected chi connectivity index (χ4v) is 1.61. The zero-order valence-electron chi connectivity index (χ0n) is 11.6. The van der Waals surface area contributed by atoms with Crippen molar-refractivity contribution in [1.82, 2.24) is 5.32 Å². The highest BCUT2D eigenvalue weighted by molar-refractivity contribution is 4.84. The van der Waals surface area contributed by atoms with E-state index in [1.807, 2.05) is 7.05 Å². The van der Waals surface area contributed by atoms with Gasteiger partial charge < -0.3 is 15.2 Å². The largest absolute Gasteiger partial charge is 0.394 e. The van der Waals surface area contributed by atoms with Gasteiger partial charge in [0.15, 0.2) is 0 Å². The van der Waals surface area contributed by atoms with Gasteiger partial charge in [-0.05, 0) is 46.6 Å². The molecule has 3 heteroatoms. The lowest BCUT2D eigenvalue weighted by atomic mass is 9.91. The molecule has 0 heterocycles. The van der Waals surface area contributed by atoms with E-state index in [-0.39, 0.29) is 17.7 Å². The molecule has 0 bridgehead atoms. The first-order valence-electron chi connectivity index (χ1n) is 6.39. The smallest absolute Gasteiger partial charge is 0.0623 e. The summed E-state index contributed by atoms with van der Waals surface area (Å²) in [7, 11) is 1.91. The second-order valence-corrected chi connectivity index (χ2v) is 5.11. The molecule has 0 aromatic carbocycles. The van der Waals surface area contributed by atoms with E-state index in [1.165, 1.54) is 0 Å². The molecule has 0 rings (SSSR count). The van der Waals surface area contributed by atoms with Crippen LogP contribution in [0.1, 0.15) is 53.4 Å². The van der Waals surface area contributed by atoms with E-state index >= 15 is 0 Å². The summed E-state index contributed by atoms with van der Waals surface area (Å²) in [6, 6.07) is 0. The quantitative estimate of drug-likeness (QED) is 0.598. The Balaban J connectivity index is 3.88. The molecule has 0 radical (unpaired) electrons. The van der Waals surface area contributed by atoms with Crippen molar-refractivity contribution in [1.29, 1.82) is 0 Å². The van der Waals surface area contributed by atoms with Gasteiger partial charge >= 0.3 is 0 Å². The standard InChI is InChI=1S/C13H29NO2/c1-6-12(3,4)16-10-8-9-13(7-2,11-15)14-5/h14-15H,6-11H2,1-5H3. The lowest BCUT2D eigenvalue weighted by molar-refractivity contribution is -0.0247. The fraction of sp³-hybridized carbons (Fsp3) is 1.00. The maximum atomic E-state index is 9.38. The SMILES string of the molecule is CCC(CO)(CCCOC(C)(C)CC)NC. The van der Waals surface area contributed by atoms with Gasteiger partial charge in [-0.3, -0.25) is 0 Å². The monoisotopic (exact) mass is 231 g/mol. The number of aliphatic hydroxyl groups is 1. The summed E-state index contributed by atoms with van der Waals surface area (Å²) in [4.78, 5) is 0. The van der Waals surface area contributed by atoms with Crippen LogP contribution in [0, 0.1) is 0 Å². The molecule has 0 aliphatic rings. The molecule has 0 saturated carbocycles. The number of hydrogen-bond donors (Lipinski definition) is 2. The van der Waals surface area contributed by atoms with Crippen LogP contribution in [-0.4, -0.2) is 36.5 Å². The van der Waals surface area contributed by atoms with Crippen molar-refractivity contribution in [3.63, 3.8) is 0 Å². The zero-order chi connectivity index (χ0) is 12.7. The normalized spacial score (nSPS) is 16.1. The molecule has 0 aliphatic heterocycles. The summed E-state index contributed by atoms with van der Waals surface area (Å²) in [5.41, 5.74) is -0.145. The summed E-state index contributed by atoms with van der Waals surface area (Å²) >= 11 is 0. The summed E-state index contributed by atoms with van der Waals surface area (Å²) < 4.78 is 5.80. The van der Waals surface area contributed by atoms with Crippen molar-refractivity contribution in [2.75, 3.05) is 20.3 Å². The molecule has 2 N–H and O–H groups in total. The number of ether oxygens (including phenoxy) is 1. The van der Waals surface area contributed by atoms with Gasteiger partial charge in [-0.2, -0.15) is 0 Å². The molecule has 0 amide bonds. The molecule has 1 unspecified atom stereocenters. The van der Waals surface area contributed by atoms with E-state index < -0.39 is 0 Å². The minimum atomic E-state index is -0.125. The van der Waals surface area contributed by atoms with Crippen molar-refractivity contribution in [3.8, 4) is 0 Å². The highest BCUT2D eigenvalue weighted by atomic mass is 16.5. The Morgan fingerprint density at radius 2 is 1.81 bits per heavy atom. The van der Waals surface area contributed by atoms with Crippen LogP contribution in [0.5, 0.6) is 0 Å². The van der Waals surface area contributed by atoms with Crippen LogP contribution in [0.15, 0.2) is 0 Å². The van der Waals surface area contributed by atoms with Crippen LogP contribution >= 0.6 is 0 Å². The lowest BCUT2D eigenvalue weighted by Gasteiger charge is -2.31. The molecule has 98 valence electrons. The minimum Gasteiger partial charge on any atom is -0.394 e. The van der Waals surface area contributed by atoms with Gasteiger partial charge in [0.2, 0.25) is 0 Å². The van der Waals surface area contributed by atoms with E-state index in [0.29, 0.717) is 0 Å². The summed E-state index contributed by atoms with van der Waals surface area (Å²) in [5, 5.41) is 12.6. The Morgan fingerprint density at radius 1 is 1.19 bits per heavy atom. The third kappa shape index (κ3) is 5.28. The molecule has 1 atom stereocenters. The van der Waals surface area contributed by atoms with Crippen LogP contribution in [0.25, 0.3) is 0 Å². The summed E-state index contributed by atoms with van der Waals surface area (Å²) in [6.07, 6.45) is 3.91. The van der Waals surface area contributed by atoms with Crippen molar-refractivity contribution < 1.29 is 9.84 Å². The topological polar surface area (TPSA) is 41.5 Å². The van der Waals surface area contributed by atoms with E-state index in [2.05, 4.69) is 33.0 Å². The van der Waals surface area contributed by atoms with Gasteiger partial charge in [-0.1, -0.05) is 13.8 Å². The maximum Gasteiger partial charge on any atom is 0.0623 e. The number of aliphatic hydroxyl groups excluding tert-OH is 1. The first kappa shape index (κ1) is 15.9. The predicted octanol–water partition coefficient (Wildman–Crippen LogP) is 2.33. The molecule has 0 saturated heterocycles. The summed E-state index contributed by atoms with van der Waals surface area (Å²) in [6.45, 7) is 9.43. The van der Waals surface area contributed by atoms with Gasteiger partial charge in [0.05, 0.1) is 12.2 Å². The number of hydrogen-bond acceptors (Lipinski definition) is 3. The zero-order valence-corrected chi connectivity index (χ0v) is 11.6. The van der Waals surface area contributed by atoms with E-state index in [0.717, 1.165) is 32.3 Å². The molecule has 0 aromatic heterocycles. The molecular weight excluding hydrogens is 202 g/mol. The fourth-order valence-electron chi connectivity index (χ4n) is 1.61. The van der Waals surface area contributed by atoms with Gasteiger partial charge in [-0.15, -0.1) is 0 Å². The molecule has 0 fully saturated rings. The molecule has 16 heavy (non-hydrogen) atoms. The number of likely N-dealkylation sites (N-methyl/N-ethyl adjacent to an activating group) is 1. The van der Waals surface area contributed by atoms with Crippen molar-refractivity contribution >= 4 is 0 Å². The molecular formula is C13H29NO2. The predicted molar refractivity (Wildman–Crippen MR) is 68.7 cm³/mol. The van der Waals surface area contributed by atoms with Gasteiger partial charge in [0.1, 0.15) is 0 Å². The maximum absolute atomic E-state index is 9.38. The average molecular weight is 231 g/mol. The summed E-state index contributed by atoms with van der Waals surface area (Å²) in [5.74, 6) is 0. The first-order valence-corrected chi connectivity index (χ1v) is 6.39. The molecule has 0 aromatic rings. The molecule has 0 spiro atoms. The van der Waals surface area contributed by atoms with Gasteiger partial charge in [0.25, 0.3) is 0 Å². The van der Waals surface area contributed by atoms with Crippen molar-refractivity contribution in [3.05, 3.63) is 0 Å². The number of rotatable bonds is 9. The van der Waals surface area contributed by atoms with Crippen LogP contribution < -0.4 is 5.32 Å². The minimum absolute atomic E-state index is 0.0201.